The van der Waals surface area contributed by atoms with E-state index < -0.39 is 23.3 Å². The lowest BCUT2D eigenvalue weighted by Crippen LogP contribution is -2.47. The first-order valence-electron chi connectivity index (χ1n) is 12.7. The van der Waals surface area contributed by atoms with Crippen LogP contribution in [0, 0.1) is 0 Å². The lowest BCUT2D eigenvalue weighted by Gasteiger charge is -2.31. The Morgan fingerprint density at radius 2 is 1.44 bits per heavy atom. The number of rotatable bonds is 8. The number of esters is 3. The number of benzene rings is 2. The molecule has 0 spiro atoms. The van der Waals surface area contributed by atoms with Gasteiger partial charge >= 0.3 is 17.9 Å². The second-order valence-corrected chi connectivity index (χ2v) is 8.76. The Balaban J connectivity index is 2.04. The fraction of sp³-hybridized carbons (Fsp3) is 0.367. The molecule has 0 atom stereocenters. The molecule has 0 amide bonds. The van der Waals surface area contributed by atoms with E-state index in [1.165, 1.54) is 0 Å². The van der Waals surface area contributed by atoms with Crippen molar-refractivity contribution in [2.75, 3.05) is 19.8 Å². The van der Waals surface area contributed by atoms with E-state index in [-0.39, 0.29) is 13.2 Å². The van der Waals surface area contributed by atoms with Gasteiger partial charge in [0.2, 0.25) is 5.41 Å². The average Bonchev–Trinajstić information content (AvgIpc) is 3.22. The number of carbonyl (C=O) groups is 3. The van der Waals surface area contributed by atoms with Gasteiger partial charge in [0.05, 0.1) is 25.4 Å². The predicted molar refractivity (Wildman–Crippen MR) is 136 cm³/mol. The quantitative estimate of drug-likeness (QED) is 0.276. The van der Waals surface area contributed by atoms with Crippen LogP contribution in [0.15, 0.2) is 65.8 Å². The fourth-order valence-electron chi connectivity index (χ4n) is 5.22. The molecule has 2 aromatic rings. The van der Waals surface area contributed by atoms with Crippen molar-refractivity contribution in [1.82, 2.24) is 0 Å². The van der Waals surface area contributed by atoms with E-state index in [9.17, 15) is 14.4 Å². The zero-order valence-electron chi connectivity index (χ0n) is 21.1. The molecule has 2 aromatic carbocycles. The Bertz CT molecular complexity index is 1200. The van der Waals surface area contributed by atoms with E-state index in [0.717, 1.165) is 48.0 Å². The molecule has 6 nitrogen and oxygen atoms in total. The molecular weight excluding hydrogens is 456 g/mol. The highest BCUT2D eigenvalue weighted by atomic mass is 16.6. The van der Waals surface area contributed by atoms with Gasteiger partial charge in [-0.2, -0.15) is 0 Å². The molecular formula is C30H32O6. The van der Waals surface area contributed by atoms with Crippen LogP contribution in [0.4, 0.5) is 0 Å². The predicted octanol–water partition coefficient (Wildman–Crippen LogP) is 5.54. The third-order valence-corrected chi connectivity index (χ3v) is 6.69. The number of hydrogen-bond donors (Lipinski definition) is 0. The Kier molecular flexibility index (Phi) is 7.73. The second kappa shape index (κ2) is 10.9. The summed E-state index contributed by atoms with van der Waals surface area (Å²) in [7, 11) is 0. The van der Waals surface area contributed by atoms with Gasteiger partial charge in [0.1, 0.15) is 0 Å². The molecule has 0 aliphatic heterocycles. The molecule has 0 bridgehead atoms. The fourth-order valence-corrected chi connectivity index (χ4v) is 5.22. The van der Waals surface area contributed by atoms with Gasteiger partial charge in [0.25, 0.3) is 0 Å². The van der Waals surface area contributed by atoms with Crippen molar-refractivity contribution in [2.24, 2.45) is 0 Å². The maximum Gasteiger partial charge on any atom is 0.338 e. The molecule has 0 saturated heterocycles. The van der Waals surface area contributed by atoms with Crippen molar-refractivity contribution in [2.45, 2.75) is 51.9 Å². The lowest BCUT2D eigenvalue weighted by molar-refractivity contribution is -0.162. The Morgan fingerprint density at radius 3 is 2.03 bits per heavy atom. The van der Waals surface area contributed by atoms with Crippen LogP contribution in [-0.2, 0) is 29.2 Å². The SMILES string of the molecule is CCOC(=O)c1ccc(C2=C(C3=CCCCC3)C(C(=O)OCC)(C(=O)OCC)c3ccccc32)cc1. The molecule has 2 aliphatic carbocycles. The molecule has 0 heterocycles. The molecule has 36 heavy (non-hydrogen) atoms. The van der Waals surface area contributed by atoms with E-state index >= 15 is 0 Å². The Labute approximate surface area is 211 Å². The summed E-state index contributed by atoms with van der Waals surface area (Å²) >= 11 is 0. The van der Waals surface area contributed by atoms with Crippen LogP contribution in [0.5, 0.6) is 0 Å². The number of fused-ring (bicyclic) bond motifs is 1. The van der Waals surface area contributed by atoms with Crippen LogP contribution in [0.3, 0.4) is 0 Å². The largest absolute Gasteiger partial charge is 0.465 e. The minimum Gasteiger partial charge on any atom is -0.465 e. The zero-order valence-corrected chi connectivity index (χ0v) is 21.1. The summed E-state index contributed by atoms with van der Waals surface area (Å²) in [4.78, 5) is 39.9. The van der Waals surface area contributed by atoms with Crippen molar-refractivity contribution in [3.63, 3.8) is 0 Å². The number of allylic oxidation sites excluding steroid dienone is 2. The van der Waals surface area contributed by atoms with Crippen LogP contribution in [0.2, 0.25) is 0 Å². The van der Waals surface area contributed by atoms with Crippen LogP contribution >= 0.6 is 0 Å². The van der Waals surface area contributed by atoms with Crippen LogP contribution < -0.4 is 0 Å². The first kappa shape index (κ1) is 25.4. The van der Waals surface area contributed by atoms with E-state index in [1.54, 1.807) is 32.9 Å². The molecule has 2 aliphatic rings. The topological polar surface area (TPSA) is 78.9 Å². The third-order valence-electron chi connectivity index (χ3n) is 6.69. The van der Waals surface area contributed by atoms with Gasteiger partial charge in [-0.1, -0.05) is 42.5 Å². The first-order valence-corrected chi connectivity index (χ1v) is 12.7. The summed E-state index contributed by atoms with van der Waals surface area (Å²) in [6.07, 6.45) is 5.76. The van der Waals surface area contributed by atoms with Gasteiger partial charge in [-0.25, -0.2) is 4.79 Å². The van der Waals surface area contributed by atoms with Crippen LogP contribution in [-0.4, -0.2) is 37.7 Å². The van der Waals surface area contributed by atoms with Crippen LogP contribution in [0.1, 0.15) is 73.5 Å². The first-order chi connectivity index (χ1) is 17.5. The van der Waals surface area contributed by atoms with E-state index in [4.69, 9.17) is 14.2 Å². The van der Waals surface area contributed by atoms with Gasteiger partial charge < -0.3 is 14.2 Å². The van der Waals surface area contributed by atoms with Gasteiger partial charge in [0.15, 0.2) is 0 Å². The van der Waals surface area contributed by atoms with E-state index in [1.807, 2.05) is 36.4 Å². The van der Waals surface area contributed by atoms with Crippen molar-refractivity contribution in [1.29, 1.82) is 0 Å². The zero-order chi connectivity index (χ0) is 25.7. The summed E-state index contributed by atoms with van der Waals surface area (Å²) in [6.45, 7) is 5.79. The molecule has 0 unspecified atom stereocenters. The molecule has 0 radical (unpaired) electrons. The highest BCUT2D eigenvalue weighted by Gasteiger charge is 2.60. The number of carbonyl (C=O) groups excluding carboxylic acids is 3. The summed E-state index contributed by atoms with van der Waals surface area (Å²) in [5, 5.41) is 0. The van der Waals surface area contributed by atoms with E-state index in [0.29, 0.717) is 23.3 Å². The molecule has 0 aromatic heterocycles. The van der Waals surface area contributed by atoms with Crippen molar-refractivity contribution < 1.29 is 28.6 Å². The van der Waals surface area contributed by atoms with E-state index in [2.05, 4.69) is 6.08 Å². The van der Waals surface area contributed by atoms with Crippen molar-refractivity contribution >= 4 is 23.5 Å². The second-order valence-electron chi connectivity index (χ2n) is 8.76. The summed E-state index contributed by atoms with van der Waals surface area (Å²) in [6, 6.07) is 14.6. The normalized spacial score (nSPS) is 16.1. The monoisotopic (exact) mass is 488 g/mol. The molecule has 4 rings (SSSR count). The van der Waals surface area contributed by atoms with Crippen molar-refractivity contribution in [3.05, 3.63) is 88.0 Å². The minimum atomic E-state index is -1.72. The van der Waals surface area contributed by atoms with Crippen molar-refractivity contribution in [3.8, 4) is 0 Å². The highest BCUT2D eigenvalue weighted by Crippen LogP contribution is 2.54. The van der Waals surface area contributed by atoms with Crippen LogP contribution in [0.25, 0.3) is 5.57 Å². The summed E-state index contributed by atoms with van der Waals surface area (Å²) < 4.78 is 16.3. The summed E-state index contributed by atoms with van der Waals surface area (Å²) in [5.41, 5.74) is 3.24. The van der Waals surface area contributed by atoms with Gasteiger partial charge in [-0.15, -0.1) is 0 Å². The smallest absolute Gasteiger partial charge is 0.338 e. The molecule has 0 N–H and O–H groups in total. The maximum absolute atomic E-state index is 13.8. The summed E-state index contributed by atoms with van der Waals surface area (Å²) in [5.74, 6) is -1.65. The van der Waals surface area contributed by atoms with Gasteiger partial charge in [-0.3, -0.25) is 9.59 Å². The van der Waals surface area contributed by atoms with Gasteiger partial charge in [0, 0.05) is 0 Å². The molecule has 6 heteroatoms. The number of hydrogen-bond acceptors (Lipinski definition) is 6. The van der Waals surface area contributed by atoms with Gasteiger partial charge in [-0.05, 0) is 92.0 Å². The average molecular weight is 489 g/mol. The number of ether oxygens (including phenoxy) is 3. The maximum atomic E-state index is 13.8. The Morgan fingerprint density at radius 1 is 0.806 bits per heavy atom. The minimum absolute atomic E-state index is 0.137. The lowest BCUT2D eigenvalue weighted by atomic mass is 9.72. The highest BCUT2D eigenvalue weighted by molar-refractivity contribution is 6.17. The molecule has 0 fully saturated rings. The third kappa shape index (κ3) is 4.25. The molecule has 188 valence electrons. The standard InChI is InChI=1S/C30H32O6/c1-4-34-27(31)22-18-16-20(17-19-22)25-23-14-10-11-15-24(23)30(28(32)35-5-2,29(33)36-6-3)26(25)21-12-8-7-9-13-21/h10-12,14-19H,4-9,13H2,1-3H3. The molecule has 0 saturated carbocycles. The Hall–Kier alpha value is -3.67.